The average Bonchev–Trinajstić information content (AvgIpc) is 3.14. The number of benzene rings is 2. The van der Waals surface area contributed by atoms with E-state index < -0.39 is 16.1 Å². The summed E-state index contributed by atoms with van der Waals surface area (Å²) in [4.78, 5) is 0. The Morgan fingerprint density at radius 1 is 1.00 bits per heavy atom. The van der Waals surface area contributed by atoms with Gasteiger partial charge in [-0.3, -0.25) is 0 Å². The molecule has 3 aromatic rings. The Morgan fingerprint density at radius 2 is 1.63 bits per heavy atom. The molecule has 0 saturated carbocycles. The second-order valence-electron chi connectivity index (χ2n) is 6.25. The molecule has 4 nitrogen and oxygen atoms in total. The molecule has 1 aromatic heterocycles. The van der Waals surface area contributed by atoms with Gasteiger partial charge in [0.1, 0.15) is 4.21 Å². The number of halogens is 1. The third-order valence-corrected chi connectivity index (χ3v) is 7.68. The second-order valence-corrected chi connectivity index (χ2v) is 9.90. The van der Waals surface area contributed by atoms with Crippen LogP contribution < -0.4 is 4.72 Å². The molecule has 3 rings (SSSR count). The molecule has 0 aliphatic heterocycles. The third kappa shape index (κ3) is 4.78. The predicted molar refractivity (Wildman–Crippen MR) is 111 cm³/mol. The van der Waals surface area contributed by atoms with Crippen LogP contribution in [0, 0.1) is 0 Å². The molecule has 0 amide bonds. The van der Waals surface area contributed by atoms with E-state index in [4.69, 9.17) is 11.6 Å². The standard InChI is InChI=1S/C20H20ClNO3S2/c1-14(15-7-9-17(10-8-15)16-5-3-2-4-6-16)18(13-23)22-27(24,25)20-12-11-19(21)26-20/h2-12,14,18,22-23H,13H2,1H3/t14-,18+/m0/s1. The van der Waals surface area contributed by atoms with Crippen molar-refractivity contribution in [1.29, 1.82) is 0 Å². The van der Waals surface area contributed by atoms with Crippen molar-refractivity contribution in [2.75, 3.05) is 6.61 Å². The van der Waals surface area contributed by atoms with Gasteiger partial charge in [-0.2, -0.15) is 0 Å². The quantitative estimate of drug-likeness (QED) is 0.589. The second kappa shape index (κ2) is 8.54. The summed E-state index contributed by atoms with van der Waals surface area (Å²) in [5.41, 5.74) is 3.15. The molecular formula is C20H20ClNO3S2. The first-order chi connectivity index (χ1) is 12.9. The van der Waals surface area contributed by atoms with E-state index in [-0.39, 0.29) is 16.7 Å². The molecular weight excluding hydrogens is 402 g/mol. The lowest BCUT2D eigenvalue weighted by molar-refractivity contribution is 0.242. The maximum atomic E-state index is 12.5. The van der Waals surface area contributed by atoms with E-state index in [9.17, 15) is 13.5 Å². The molecule has 2 aromatic carbocycles. The summed E-state index contributed by atoms with van der Waals surface area (Å²) >= 11 is 6.83. The maximum Gasteiger partial charge on any atom is 0.250 e. The normalized spacial score (nSPS) is 14.0. The van der Waals surface area contributed by atoms with E-state index >= 15 is 0 Å². The highest BCUT2D eigenvalue weighted by molar-refractivity contribution is 7.91. The fourth-order valence-electron chi connectivity index (χ4n) is 2.84. The summed E-state index contributed by atoms with van der Waals surface area (Å²) in [5, 5.41) is 9.76. The van der Waals surface area contributed by atoms with Crippen LogP contribution in [-0.4, -0.2) is 26.2 Å². The molecule has 27 heavy (non-hydrogen) atoms. The first-order valence-corrected chi connectivity index (χ1v) is 11.1. The summed E-state index contributed by atoms with van der Waals surface area (Å²) in [6.45, 7) is 1.59. The van der Waals surface area contributed by atoms with Crippen molar-refractivity contribution in [1.82, 2.24) is 4.72 Å². The molecule has 2 N–H and O–H groups in total. The van der Waals surface area contributed by atoms with Crippen LogP contribution >= 0.6 is 22.9 Å². The van der Waals surface area contributed by atoms with Crippen LogP contribution in [0.1, 0.15) is 18.4 Å². The Kier molecular flexibility index (Phi) is 6.34. The van der Waals surface area contributed by atoms with Gasteiger partial charge in [0.25, 0.3) is 0 Å². The summed E-state index contributed by atoms with van der Waals surface area (Å²) in [6.07, 6.45) is 0. The first kappa shape index (κ1) is 20.0. The third-order valence-electron chi connectivity index (χ3n) is 4.46. The summed E-state index contributed by atoms with van der Waals surface area (Å²) in [7, 11) is -3.73. The van der Waals surface area contributed by atoms with Gasteiger partial charge in [-0.05, 0) is 34.7 Å². The van der Waals surface area contributed by atoms with Crippen molar-refractivity contribution in [3.8, 4) is 11.1 Å². The Hall–Kier alpha value is -1.70. The highest BCUT2D eigenvalue weighted by Gasteiger charge is 2.26. The monoisotopic (exact) mass is 421 g/mol. The van der Waals surface area contributed by atoms with E-state index in [1.54, 1.807) is 6.07 Å². The number of thiophene rings is 1. The van der Waals surface area contributed by atoms with Crippen molar-refractivity contribution >= 4 is 33.0 Å². The van der Waals surface area contributed by atoms with Gasteiger partial charge in [0, 0.05) is 0 Å². The van der Waals surface area contributed by atoms with Gasteiger partial charge in [-0.25, -0.2) is 13.1 Å². The molecule has 0 aliphatic carbocycles. The number of nitrogens with one attached hydrogen (secondary N) is 1. The number of aliphatic hydroxyl groups is 1. The lowest BCUT2D eigenvalue weighted by Crippen LogP contribution is -2.40. The largest absolute Gasteiger partial charge is 0.395 e. The fourth-order valence-corrected chi connectivity index (χ4v) is 5.65. The molecule has 0 aliphatic rings. The molecule has 0 fully saturated rings. The van der Waals surface area contributed by atoms with Crippen molar-refractivity contribution in [3.63, 3.8) is 0 Å². The number of aliphatic hydroxyl groups excluding tert-OH is 1. The summed E-state index contributed by atoms with van der Waals surface area (Å²) in [6, 6.07) is 20.3. The number of hydrogen-bond donors (Lipinski definition) is 2. The van der Waals surface area contributed by atoms with Gasteiger partial charge in [0.15, 0.2) is 0 Å². The number of rotatable bonds is 7. The molecule has 0 saturated heterocycles. The Bertz CT molecular complexity index is 986. The molecule has 1 heterocycles. The molecule has 0 radical (unpaired) electrons. The first-order valence-electron chi connectivity index (χ1n) is 8.44. The molecule has 0 spiro atoms. The topological polar surface area (TPSA) is 66.4 Å². The minimum atomic E-state index is -3.73. The molecule has 142 valence electrons. The lowest BCUT2D eigenvalue weighted by Gasteiger charge is -2.23. The van der Waals surface area contributed by atoms with E-state index in [2.05, 4.69) is 4.72 Å². The van der Waals surface area contributed by atoms with E-state index in [1.807, 2.05) is 61.5 Å². The van der Waals surface area contributed by atoms with Crippen LogP contribution in [0.15, 0.2) is 70.9 Å². The van der Waals surface area contributed by atoms with E-state index in [0.717, 1.165) is 28.0 Å². The van der Waals surface area contributed by atoms with Crippen molar-refractivity contribution in [3.05, 3.63) is 76.6 Å². The van der Waals surface area contributed by atoms with E-state index in [1.165, 1.54) is 6.07 Å². The fraction of sp³-hybridized carbons (Fsp3) is 0.200. The van der Waals surface area contributed by atoms with Gasteiger partial charge in [0.2, 0.25) is 10.0 Å². The maximum absolute atomic E-state index is 12.5. The Morgan fingerprint density at radius 3 is 2.19 bits per heavy atom. The zero-order valence-corrected chi connectivity index (χ0v) is 17.1. The van der Waals surface area contributed by atoms with Crippen LogP contribution in [0.5, 0.6) is 0 Å². The van der Waals surface area contributed by atoms with Crippen molar-refractivity contribution in [2.24, 2.45) is 0 Å². The van der Waals surface area contributed by atoms with Gasteiger partial charge < -0.3 is 5.11 Å². The van der Waals surface area contributed by atoms with Gasteiger partial charge in [-0.1, -0.05) is 73.1 Å². The lowest BCUT2D eigenvalue weighted by atomic mass is 9.92. The van der Waals surface area contributed by atoms with Crippen LogP contribution in [0.4, 0.5) is 0 Å². The van der Waals surface area contributed by atoms with Crippen LogP contribution in [0.2, 0.25) is 4.34 Å². The minimum absolute atomic E-state index is 0.137. The zero-order chi connectivity index (χ0) is 19.4. The van der Waals surface area contributed by atoms with Gasteiger partial charge >= 0.3 is 0 Å². The Balaban J connectivity index is 1.77. The van der Waals surface area contributed by atoms with Crippen molar-refractivity contribution < 1.29 is 13.5 Å². The van der Waals surface area contributed by atoms with Gasteiger partial charge in [0.05, 0.1) is 17.0 Å². The van der Waals surface area contributed by atoms with Crippen LogP contribution in [0.25, 0.3) is 11.1 Å². The van der Waals surface area contributed by atoms with Crippen LogP contribution in [-0.2, 0) is 10.0 Å². The van der Waals surface area contributed by atoms with E-state index in [0.29, 0.717) is 4.34 Å². The summed E-state index contributed by atoms with van der Waals surface area (Å²) < 4.78 is 28.2. The predicted octanol–water partition coefficient (Wildman–Crippen LogP) is 4.51. The van der Waals surface area contributed by atoms with Gasteiger partial charge in [-0.15, -0.1) is 11.3 Å². The smallest absolute Gasteiger partial charge is 0.250 e. The molecule has 0 bridgehead atoms. The number of sulfonamides is 1. The zero-order valence-electron chi connectivity index (χ0n) is 14.7. The van der Waals surface area contributed by atoms with Crippen LogP contribution in [0.3, 0.4) is 0 Å². The SMILES string of the molecule is C[C@@H](c1ccc(-c2ccccc2)cc1)[C@@H](CO)NS(=O)(=O)c1ccc(Cl)s1. The average molecular weight is 422 g/mol. The summed E-state index contributed by atoms with van der Waals surface area (Å²) in [5.74, 6) is -0.204. The highest BCUT2D eigenvalue weighted by atomic mass is 35.5. The minimum Gasteiger partial charge on any atom is -0.395 e. The van der Waals surface area contributed by atoms with Crippen molar-refractivity contribution in [2.45, 2.75) is 23.1 Å². The molecule has 2 atom stereocenters. The highest BCUT2D eigenvalue weighted by Crippen LogP contribution is 2.28. The Labute approximate surface area is 168 Å². The molecule has 7 heteroatoms. The molecule has 0 unspecified atom stereocenters. The number of hydrogen-bond acceptors (Lipinski definition) is 4.